The molecule has 10 heteroatoms. The topological polar surface area (TPSA) is 167 Å². The van der Waals surface area contributed by atoms with Gasteiger partial charge in [0.05, 0.1) is 21.8 Å². The third-order valence-corrected chi connectivity index (χ3v) is 4.83. The molecule has 0 fully saturated rings. The molecule has 0 unspecified atom stereocenters. The average molecular weight is 432 g/mol. The van der Waals surface area contributed by atoms with E-state index in [1.807, 2.05) is 0 Å². The number of phenols is 4. The standard InChI is InChI=1S/C22H12N2O8/c25-15-5-11-13(7-17(15)27)23-19(31-21(11)29)9-1-2-10(4-3-9)20-24-14-8-18(28)16(26)6-12(14)22(30)32-20/h1-8,25-28H. The Morgan fingerprint density at radius 2 is 0.906 bits per heavy atom. The molecule has 10 nitrogen and oxygen atoms in total. The second-order valence-electron chi connectivity index (χ2n) is 6.91. The van der Waals surface area contributed by atoms with Crippen LogP contribution in [0.4, 0.5) is 0 Å². The summed E-state index contributed by atoms with van der Waals surface area (Å²) in [4.78, 5) is 32.9. The van der Waals surface area contributed by atoms with E-state index in [0.29, 0.717) is 11.1 Å². The number of rotatable bonds is 2. The lowest BCUT2D eigenvalue weighted by molar-refractivity contribution is 0.404. The summed E-state index contributed by atoms with van der Waals surface area (Å²) in [5.74, 6) is -1.81. The van der Waals surface area contributed by atoms with Gasteiger partial charge in [0, 0.05) is 35.4 Å². The highest BCUT2D eigenvalue weighted by molar-refractivity contribution is 5.83. The van der Waals surface area contributed by atoms with E-state index in [9.17, 15) is 30.0 Å². The first-order chi connectivity index (χ1) is 15.3. The fraction of sp³-hybridized carbons (Fsp3) is 0. The zero-order chi connectivity index (χ0) is 22.6. The lowest BCUT2D eigenvalue weighted by atomic mass is 10.1. The minimum Gasteiger partial charge on any atom is -0.504 e. The van der Waals surface area contributed by atoms with Crippen molar-refractivity contribution in [1.29, 1.82) is 0 Å². The molecule has 0 saturated heterocycles. The third kappa shape index (κ3) is 3.06. The second-order valence-corrected chi connectivity index (χ2v) is 6.91. The van der Waals surface area contributed by atoms with Crippen LogP contribution in [0.5, 0.6) is 23.0 Å². The van der Waals surface area contributed by atoms with Gasteiger partial charge in [-0.3, -0.25) is 0 Å². The molecule has 5 aromatic rings. The molecule has 2 heterocycles. The minimum absolute atomic E-state index is 0.0112. The van der Waals surface area contributed by atoms with E-state index in [2.05, 4.69) is 9.97 Å². The maximum atomic E-state index is 12.2. The van der Waals surface area contributed by atoms with Crippen LogP contribution in [0, 0.1) is 0 Å². The summed E-state index contributed by atoms with van der Waals surface area (Å²) in [7, 11) is 0. The van der Waals surface area contributed by atoms with Gasteiger partial charge >= 0.3 is 11.3 Å². The fourth-order valence-corrected chi connectivity index (χ4v) is 3.20. The molecule has 0 saturated carbocycles. The lowest BCUT2D eigenvalue weighted by Gasteiger charge is -2.05. The Kier molecular flexibility index (Phi) is 4.09. The Hall–Kier alpha value is -4.86. The van der Waals surface area contributed by atoms with Gasteiger partial charge in [-0.15, -0.1) is 0 Å². The smallest absolute Gasteiger partial charge is 0.347 e. The van der Waals surface area contributed by atoms with E-state index in [0.717, 1.165) is 24.3 Å². The first-order valence-electron chi connectivity index (χ1n) is 9.14. The van der Waals surface area contributed by atoms with E-state index in [1.54, 1.807) is 24.3 Å². The lowest BCUT2D eigenvalue weighted by Crippen LogP contribution is -2.03. The van der Waals surface area contributed by atoms with Crippen molar-refractivity contribution in [3.05, 3.63) is 69.4 Å². The van der Waals surface area contributed by atoms with Gasteiger partial charge in [-0.05, 0) is 24.3 Å². The normalized spacial score (nSPS) is 11.2. The highest BCUT2D eigenvalue weighted by Gasteiger charge is 2.14. The quantitative estimate of drug-likeness (QED) is 0.304. The van der Waals surface area contributed by atoms with E-state index in [1.165, 1.54) is 0 Å². The molecule has 4 N–H and O–H groups in total. The number of phenolic OH excluding ortho intramolecular Hbond substituents is 4. The fourth-order valence-electron chi connectivity index (χ4n) is 3.20. The number of benzene rings is 3. The zero-order valence-electron chi connectivity index (χ0n) is 15.9. The Morgan fingerprint density at radius 3 is 1.28 bits per heavy atom. The Labute approximate surface area is 176 Å². The highest BCUT2D eigenvalue weighted by Crippen LogP contribution is 2.31. The maximum absolute atomic E-state index is 12.2. The summed E-state index contributed by atoms with van der Waals surface area (Å²) >= 11 is 0. The molecule has 0 radical (unpaired) electrons. The maximum Gasteiger partial charge on any atom is 0.347 e. The summed E-state index contributed by atoms with van der Waals surface area (Å²) in [6.45, 7) is 0. The molecule has 0 spiro atoms. The molecule has 158 valence electrons. The van der Waals surface area contributed by atoms with E-state index < -0.39 is 34.2 Å². The predicted molar refractivity (Wildman–Crippen MR) is 112 cm³/mol. The van der Waals surface area contributed by atoms with Crippen LogP contribution >= 0.6 is 0 Å². The van der Waals surface area contributed by atoms with Gasteiger partial charge < -0.3 is 29.3 Å². The summed E-state index contributed by atoms with van der Waals surface area (Å²) in [5, 5.41) is 38.5. The molecule has 2 aromatic heterocycles. The number of nitrogens with zero attached hydrogens (tertiary/aromatic N) is 2. The van der Waals surface area contributed by atoms with Crippen LogP contribution in [0.15, 0.2) is 67.0 Å². The van der Waals surface area contributed by atoms with Crippen LogP contribution in [-0.4, -0.2) is 30.4 Å². The van der Waals surface area contributed by atoms with Crippen LogP contribution < -0.4 is 11.3 Å². The van der Waals surface area contributed by atoms with Crippen molar-refractivity contribution >= 4 is 21.8 Å². The number of hydrogen-bond acceptors (Lipinski definition) is 10. The molecule has 32 heavy (non-hydrogen) atoms. The van der Waals surface area contributed by atoms with Crippen molar-refractivity contribution in [2.45, 2.75) is 0 Å². The van der Waals surface area contributed by atoms with Crippen molar-refractivity contribution in [1.82, 2.24) is 9.97 Å². The molecule has 0 amide bonds. The summed E-state index contributed by atoms with van der Waals surface area (Å²) in [6.07, 6.45) is 0. The molecule has 0 aliphatic heterocycles. The van der Waals surface area contributed by atoms with Crippen molar-refractivity contribution in [3.8, 4) is 45.9 Å². The van der Waals surface area contributed by atoms with E-state index in [4.69, 9.17) is 8.83 Å². The van der Waals surface area contributed by atoms with Crippen LogP contribution in [0.25, 0.3) is 44.7 Å². The number of aromatic nitrogens is 2. The number of hydrogen-bond donors (Lipinski definition) is 4. The first kappa shape index (κ1) is 19.1. The van der Waals surface area contributed by atoms with Gasteiger partial charge in [0.1, 0.15) is 0 Å². The van der Waals surface area contributed by atoms with Crippen LogP contribution in [0.2, 0.25) is 0 Å². The second kappa shape index (κ2) is 6.84. The summed E-state index contributed by atoms with van der Waals surface area (Å²) < 4.78 is 10.4. The van der Waals surface area contributed by atoms with Crippen molar-refractivity contribution in [3.63, 3.8) is 0 Å². The molecule has 0 aliphatic rings. The number of fused-ring (bicyclic) bond motifs is 2. The van der Waals surface area contributed by atoms with Crippen molar-refractivity contribution < 1.29 is 29.3 Å². The minimum atomic E-state index is -0.741. The molecular formula is C22H12N2O8. The van der Waals surface area contributed by atoms with Crippen molar-refractivity contribution in [2.75, 3.05) is 0 Å². The molecule has 0 aliphatic carbocycles. The van der Waals surface area contributed by atoms with Crippen LogP contribution in [-0.2, 0) is 0 Å². The van der Waals surface area contributed by atoms with Gasteiger partial charge in [0.2, 0.25) is 11.8 Å². The van der Waals surface area contributed by atoms with Gasteiger partial charge in [-0.2, -0.15) is 0 Å². The van der Waals surface area contributed by atoms with E-state index >= 15 is 0 Å². The van der Waals surface area contributed by atoms with Gasteiger partial charge in [-0.25, -0.2) is 19.6 Å². The Morgan fingerprint density at radius 1 is 0.562 bits per heavy atom. The molecule has 5 rings (SSSR count). The summed E-state index contributed by atoms with van der Waals surface area (Å²) in [5.41, 5.74) is -0.358. The molecular weight excluding hydrogens is 420 g/mol. The number of aromatic hydroxyl groups is 4. The average Bonchev–Trinajstić information content (AvgIpc) is 2.76. The first-order valence-corrected chi connectivity index (χ1v) is 9.14. The predicted octanol–water partition coefficient (Wildman–Crippen LogP) is 2.85. The summed E-state index contributed by atoms with van der Waals surface area (Å²) in [6, 6.07) is 10.7. The molecule has 0 bridgehead atoms. The van der Waals surface area contributed by atoms with Crippen LogP contribution in [0.3, 0.4) is 0 Å². The van der Waals surface area contributed by atoms with E-state index in [-0.39, 0.29) is 33.6 Å². The molecule has 0 atom stereocenters. The Balaban J connectivity index is 1.57. The van der Waals surface area contributed by atoms with Gasteiger partial charge in [-0.1, -0.05) is 0 Å². The molecule has 3 aromatic carbocycles. The van der Waals surface area contributed by atoms with Crippen molar-refractivity contribution in [2.24, 2.45) is 0 Å². The zero-order valence-corrected chi connectivity index (χ0v) is 15.9. The van der Waals surface area contributed by atoms with Gasteiger partial charge in [0.25, 0.3) is 0 Å². The highest BCUT2D eigenvalue weighted by atomic mass is 16.4. The van der Waals surface area contributed by atoms with Gasteiger partial charge in [0.15, 0.2) is 23.0 Å². The monoisotopic (exact) mass is 432 g/mol. The largest absolute Gasteiger partial charge is 0.504 e. The third-order valence-electron chi connectivity index (χ3n) is 4.83. The SMILES string of the molecule is O=c1oc(-c2ccc(-c3nc4cc(O)c(O)cc4c(=O)o3)cc2)nc2cc(O)c(O)cc12. The Bertz CT molecular complexity index is 1530. The van der Waals surface area contributed by atoms with Crippen LogP contribution in [0.1, 0.15) is 0 Å².